The molecule has 1 aliphatic heterocycles. The van der Waals surface area contributed by atoms with Crippen LogP contribution in [-0.4, -0.2) is 29.2 Å². The standard InChI is InChI=1S/C12H19N3O/c1-4-9-5-11(13-10-6-16-7-10)15-12(14-9)8(2)3/h5,8,10H,4,6-7H2,1-3H3,(H,13,14,15). The molecule has 1 aromatic heterocycles. The average molecular weight is 221 g/mol. The van der Waals surface area contributed by atoms with E-state index in [4.69, 9.17) is 4.74 Å². The van der Waals surface area contributed by atoms with Crippen molar-refractivity contribution in [3.05, 3.63) is 17.6 Å². The van der Waals surface area contributed by atoms with Gasteiger partial charge in [-0.2, -0.15) is 0 Å². The first-order chi connectivity index (χ1) is 7.69. The molecular weight excluding hydrogens is 202 g/mol. The van der Waals surface area contributed by atoms with Crippen LogP contribution in [0.1, 0.15) is 38.2 Å². The highest BCUT2D eigenvalue weighted by Gasteiger charge is 2.19. The van der Waals surface area contributed by atoms with E-state index in [0.717, 1.165) is 37.0 Å². The fourth-order valence-corrected chi connectivity index (χ4v) is 1.56. The van der Waals surface area contributed by atoms with Crippen LogP contribution in [-0.2, 0) is 11.2 Å². The van der Waals surface area contributed by atoms with Crippen LogP contribution in [0, 0.1) is 0 Å². The molecule has 0 radical (unpaired) electrons. The molecule has 1 saturated heterocycles. The van der Waals surface area contributed by atoms with Gasteiger partial charge in [0.05, 0.1) is 19.3 Å². The zero-order valence-electron chi connectivity index (χ0n) is 10.2. The van der Waals surface area contributed by atoms with Crippen LogP contribution in [0.5, 0.6) is 0 Å². The fourth-order valence-electron chi connectivity index (χ4n) is 1.56. The molecule has 88 valence electrons. The quantitative estimate of drug-likeness (QED) is 0.844. The number of anilines is 1. The summed E-state index contributed by atoms with van der Waals surface area (Å²) in [6.45, 7) is 7.91. The van der Waals surface area contributed by atoms with Crippen LogP contribution in [0.25, 0.3) is 0 Å². The van der Waals surface area contributed by atoms with E-state index in [9.17, 15) is 0 Å². The van der Waals surface area contributed by atoms with Crippen LogP contribution in [0.3, 0.4) is 0 Å². The maximum absolute atomic E-state index is 5.14. The van der Waals surface area contributed by atoms with E-state index in [0.29, 0.717) is 12.0 Å². The largest absolute Gasteiger partial charge is 0.377 e. The Morgan fingerprint density at radius 3 is 2.69 bits per heavy atom. The molecule has 0 saturated carbocycles. The van der Waals surface area contributed by atoms with Crippen molar-refractivity contribution >= 4 is 5.82 Å². The second-order valence-electron chi connectivity index (χ2n) is 4.49. The molecule has 1 N–H and O–H groups in total. The topological polar surface area (TPSA) is 47.0 Å². The highest BCUT2D eigenvalue weighted by atomic mass is 16.5. The van der Waals surface area contributed by atoms with Crippen molar-refractivity contribution < 1.29 is 4.74 Å². The monoisotopic (exact) mass is 221 g/mol. The third-order valence-corrected chi connectivity index (χ3v) is 2.67. The molecule has 1 aliphatic rings. The summed E-state index contributed by atoms with van der Waals surface area (Å²) < 4.78 is 5.14. The molecule has 4 heteroatoms. The summed E-state index contributed by atoms with van der Waals surface area (Å²) in [4.78, 5) is 9.05. The molecule has 0 unspecified atom stereocenters. The number of rotatable bonds is 4. The van der Waals surface area contributed by atoms with E-state index in [1.807, 2.05) is 6.07 Å². The SMILES string of the molecule is CCc1cc(NC2COC2)nc(C(C)C)n1. The van der Waals surface area contributed by atoms with E-state index in [-0.39, 0.29) is 0 Å². The van der Waals surface area contributed by atoms with Crippen molar-refractivity contribution in [3.8, 4) is 0 Å². The van der Waals surface area contributed by atoms with Gasteiger partial charge in [0.1, 0.15) is 11.6 Å². The molecule has 0 atom stereocenters. The Balaban J connectivity index is 2.18. The van der Waals surface area contributed by atoms with Crippen LogP contribution in [0.2, 0.25) is 0 Å². The van der Waals surface area contributed by atoms with Crippen LogP contribution >= 0.6 is 0 Å². The Bertz CT molecular complexity index is 361. The Kier molecular flexibility index (Phi) is 3.39. The van der Waals surface area contributed by atoms with Crippen molar-refractivity contribution in [2.24, 2.45) is 0 Å². The molecule has 0 bridgehead atoms. The molecule has 2 rings (SSSR count). The van der Waals surface area contributed by atoms with Crippen molar-refractivity contribution in [3.63, 3.8) is 0 Å². The molecule has 0 spiro atoms. The summed E-state index contributed by atoms with van der Waals surface area (Å²) in [7, 11) is 0. The van der Waals surface area contributed by atoms with Crippen molar-refractivity contribution in [1.29, 1.82) is 0 Å². The maximum Gasteiger partial charge on any atom is 0.133 e. The van der Waals surface area contributed by atoms with Gasteiger partial charge in [0.15, 0.2) is 0 Å². The molecule has 4 nitrogen and oxygen atoms in total. The van der Waals surface area contributed by atoms with Crippen molar-refractivity contribution in [2.45, 2.75) is 39.2 Å². The highest BCUT2D eigenvalue weighted by molar-refractivity contribution is 5.38. The van der Waals surface area contributed by atoms with Crippen molar-refractivity contribution in [2.75, 3.05) is 18.5 Å². The normalized spacial score (nSPS) is 16.2. The van der Waals surface area contributed by atoms with Gasteiger partial charge in [0.25, 0.3) is 0 Å². The lowest BCUT2D eigenvalue weighted by molar-refractivity contribution is 0.0209. The lowest BCUT2D eigenvalue weighted by atomic mass is 10.2. The molecule has 1 fully saturated rings. The fraction of sp³-hybridized carbons (Fsp3) is 0.667. The Labute approximate surface area is 96.4 Å². The number of nitrogens with zero attached hydrogens (tertiary/aromatic N) is 2. The first-order valence-electron chi connectivity index (χ1n) is 5.91. The summed E-state index contributed by atoms with van der Waals surface area (Å²) in [6, 6.07) is 2.45. The third kappa shape index (κ3) is 2.50. The van der Waals surface area contributed by atoms with E-state index in [1.54, 1.807) is 0 Å². The summed E-state index contributed by atoms with van der Waals surface area (Å²) in [6.07, 6.45) is 0.943. The maximum atomic E-state index is 5.14. The summed E-state index contributed by atoms with van der Waals surface area (Å²) >= 11 is 0. The van der Waals surface area contributed by atoms with Crippen LogP contribution in [0.15, 0.2) is 6.07 Å². The summed E-state index contributed by atoms with van der Waals surface area (Å²) in [5.74, 6) is 2.22. The minimum absolute atomic E-state index is 0.365. The molecular formula is C12H19N3O. The van der Waals surface area contributed by atoms with Gasteiger partial charge in [-0.05, 0) is 6.42 Å². The lowest BCUT2D eigenvalue weighted by Crippen LogP contribution is -2.40. The van der Waals surface area contributed by atoms with Gasteiger partial charge in [0.2, 0.25) is 0 Å². The second-order valence-corrected chi connectivity index (χ2v) is 4.49. The number of aryl methyl sites for hydroxylation is 1. The molecule has 16 heavy (non-hydrogen) atoms. The zero-order valence-corrected chi connectivity index (χ0v) is 10.2. The highest BCUT2D eigenvalue weighted by Crippen LogP contribution is 2.16. The van der Waals surface area contributed by atoms with Gasteiger partial charge < -0.3 is 10.1 Å². The number of aromatic nitrogens is 2. The molecule has 1 aromatic rings. The van der Waals surface area contributed by atoms with Gasteiger partial charge in [-0.1, -0.05) is 20.8 Å². The molecule has 2 heterocycles. The summed E-state index contributed by atoms with van der Waals surface area (Å²) in [5.41, 5.74) is 1.10. The van der Waals surface area contributed by atoms with E-state index < -0.39 is 0 Å². The van der Waals surface area contributed by atoms with Crippen molar-refractivity contribution in [1.82, 2.24) is 9.97 Å². The van der Waals surface area contributed by atoms with Gasteiger partial charge in [-0.25, -0.2) is 9.97 Å². The van der Waals surface area contributed by atoms with E-state index >= 15 is 0 Å². The molecule has 0 aromatic carbocycles. The van der Waals surface area contributed by atoms with Gasteiger partial charge in [-0.15, -0.1) is 0 Å². The summed E-state index contributed by atoms with van der Waals surface area (Å²) in [5, 5.41) is 3.37. The molecule has 0 amide bonds. The lowest BCUT2D eigenvalue weighted by Gasteiger charge is -2.27. The Hall–Kier alpha value is -1.16. The van der Waals surface area contributed by atoms with Gasteiger partial charge in [0, 0.05) is 17.7 Å². The van der Waals surface area contributed by atoms with Crippen LogP contribution < -0.4 is 5.32 Å². The van der Waals surface area contributed by atoms with Crippen LogP contribution in [0.4, 0.5) is 5.82 Å². The Morgan fingerprint density at radius 1 is 1.44 bits per heavy atom. The molecule has 0 aliphatic carbocycles. The zero-order chi connectivity index (χ0) is 11.5. The number of hydrogen-bond donors (Lipinski definition) is 1. The van der Waals surface area contributed by atoms with E-state index in [2.05, 4.69) is 36.1 Å². The van der Waals surface area contributed by atoms with Gasteiger partial charge in [-0.3, -0.25) is 0 Å². The second kappa shape index (κ2) is 4.78. The number of ether oxygens (including phenoxy) is 1. The predicted molar refractivity (Wildman–Crippen MR) is 63.7 cm³/mol. The van der Waals surface area contributed by atoms with E-state index in [1.165, 1.54) is 0 Å². The Morgan fingerprint density at radius 2 is 2.19 bits per heavy atom. The third-order valence-electron chi connectivity index (χ3n) is 2.67. The smallest absolute Gasteiger partial charge is 0.133 e. The minimum atomic E-state index is 0.365. The minimum Gasteiger partial charge on any atom is -0.377 e. The first-order valence-corrected chi connectivity index (χ1v) is 5.91. The predicted octanol–water partition coefficient (Wildman–Crippen LogP) is 1.97. The first kappa shape index (κ1) is 11.3. The average Bonchev–Trinajstić information content (AvgIpc) is 2.23. The van der Waals surface area contributed by atoms with Gasteiger partial charge >= 0.3 is 0 Å². The number of nitrogens with one attached hydrogen (secondary N) is 1. The number of hydrogen-bond acceptors (Lipinski definition) is 4.